The SMILES string of the molecule is CN1CCCC1COc1nc(N2CCCCC(N)C2)c2cnc(-c3ccc(F)c4sc(N)c(C#N)c34)c(F)c2n1. The molecule has 2 unspecified atom stereocenters. The Bertz CT molecular complexity index is 1640. The van der Waals surface area contributed by atoms with Crippen molar-refractivity contribution >= 4 is 43.1 Å². The summed E-state index contributed by atoms with van der Waals surface area (Å²) in [5.41, 5.74) is 12.7. The summed E-state index contributed by atoms with van der Waals surface area (Å²) in [4.78, 5) is 18.0. The minimum absolute atomic E-state index is 0.0398. The third kappa shape index (κ3) is 4.68. The van der Waals surface area contributed by atoms with Gasteiger partial charge in [0.1, 0.15) is 40.5 Å². The van der Waals surface area contributed by atoms with Crippen molar-refractivity contribution in [3.05, 3.63) is 35.5 Å². The summed E-state index contributed by atoms with van der Waals surface area (Å²) in [6, 6.07) is 4.96. The first-order valence-corrected chi connectivity index (χ1v) is 14.3. The summed E-state index contributed by atoms with van der Waals surface area (Å²) in [5, 5.41) is 10.6. The fraction of sp³-hybridized carbons (Fsp3) is 0.429. The van der Waals surface area contributed by atoms with Gasteiger partial charge in [-0.05, 0) is 51.4 Å². The highest BCUT2D eigenvalue weighted by molar-refractivity contribution is 7.23. The number of nitrogens with zero attached hydrogens (tertiary/aromatic N) is 6. The summed E-state index contributed by atoms with van der Waals surface area (Å²) < 4.78 is 37.4. The molecule has 4 aromatic rings. The van der Waals surface area contributed by atoms with E-state index < -0.39 is 11.6 Å². The number of hydrogen-bond donors (Lipinski definition) is 2. The molecule has 2 aliphatic heterocycles. The zero-order chi connectivity index (χ0) is 28.0. The second-order valence-corrected chi connectivity index (χ2v) is 11.6. The van der Waals surface area contributed by atoms with Gasteiger partial charge in [0.15, 0.2) is 5.82 Å². The van der Waals surface area contributed by atoms with Gasteiger partial charge in [0.2, 0.25) is 0 Å². The van der Waals surface area contributed by atoms with E-state index >= 15 is 4.39 Å². The summed E-state index contributed by atoms with van der Waals surface area (Å²) in [6.07, 6.45) is 6.46. The normalized spacial score (nSPS) is 20.2. The molecule has 1 aromatic carbocycles. The molecule has 3 aromatic heterocycles. The molecule has 0 radical (unpaired) electrons. The lowest BCUT2D eigenvalue weighted by Gasteiger charge is -2.26. The molecule has 4 N–H and O–H groups in total. The van der Waals surface area contributed by atoms with Crippen LogP contribution in [0, 0.1) is 23.0 Å². The van der Waals surface area contributed by atoms with Gasteiger partial charge in [0.05, 0.1) is 15.6 Å². The number of pyridine rings is 1. The first-order chi connectivity index (χ1) is 19.4. The smallest absolute Gasteiger partial charge is 0.319 e. The molecule has 5 heterocycles. The predicted octanol–water partition coefficient (Wildman–Crippen LogP) is 4.43. The fourth-order valence-electron chi connectivity index (χ4n) is 5.74. The molecule has 208 valence electrons. The number of rotatable bonds is 5. The van der Waals surface area contributed by atoms with Crippen molar-refractivity contribution in [2.24, 2.45) is 5.73 Å². The monoisotopic (exact) mass is 564 g/mol. The summed E-state index contributed by atoms with van der Waals surface area (Å²) in [7, 11) is 2.06. The van der Waals surface area contributed by atoms with Gasteiger partial charge in [0.25, 0.3) is 0 Å². The number of ether oxygens (including phenoxy) is 1. The van der Waals surface area contributed by atoms with Crippen LogP contribution in [0.5, 0.6) is 6.01 Å². The van der Waals surface area contributed by atoms with Crippen LogP contribution in [0.4, 0.5) is 19.6 Å². The Balaban J connectivity index is 1.51. The second-order valence-electron chi connectivity index (χ2n) is 10.6. The third-order valence-electron chi connectivity index (χ3n) is 7.91. The molecule has 40 heavy (non-hydrogen) atoms. The Labute approximate surface area is 234 Å². The molecule has 0 spiro atoms. The van der Waals surface area contributed by atoms with E-state index in [4.69, 9.17) is 21.2 Å². The highest BCUT2D eigenvalue weighted by Gasteiger charge is 2.27. The molecule has 2 atom stereocenters. The quantitative estimate of drug-likeness (QED) is 0.361. The van der Waals surface area contributed by atoms with E-state index in [9.17, 15) is 9.65 Å². The lowest BCUT2D eigenvalue weighted by Crippen LogP contribution is -2.36. The number of nitrogens with two attached hydrogens (primary N) is 2. The molecule has 2 fully saturated rings. The molecule has 0 saturated carbocycles. The molecule has 2 saturated heterocycles. The average molecular weight is 565 g/mol. The van der Waals surface area contributed by atoms with E-state index in [0.717, 1.165) is 50.0 Å². The minimum atomic E-state index is -0.704. The van der Waals surface area contributed by atoms with E-state index in [1.54, 1.807) is 0 Å². The number of aromatic nitrogens is 3. The largest absolute Gasteiger partial charge is 0.462 e. The minimum Gasteiger partial charge on any atom is -0.462 e. The van der Waals surface area contributed by atoms with Gasteiger partial charge >= 0.3 is 6.01 Å². The Morgan fingerprint density at radius 2 is 2.02 bits per heavy atom. The van der Waals surface area contributed by atoms with Crippen LogP contribution >= 0.6 is 11.3 Å². The molecular weight excluding hydrogens is 534 g/mol. The summed E-state index contributed by atoms with van der Waals surface area (Å²) in [5.74, 6) is -0.714. The highest BCUT2D eigenvalue weighted by atomic mass is 32.1. The van der Waals surface area contributed by atoms with Gasteiger partial charge in [-0.25, -0.2) is 8.78 Å². The van der Waals surface area contributed by atoms with Gasteiger partial charge in [0, 0.05) is 42.3 Å². The second kappa shape index (κ2) is 10.7. The number of thiophene rings is 1. The number of halogens is 2. The van der Waals surface area contributed by atoms with Gasteiger partial charge in [-0.15, -0.1) is 11.3 Å². The van der Waals surface area contributed by atoms with Crippen LogP contribution in [0.25, 0.3) is 32.2 Å². The van der Waals surface area contributed by atoms with Crippen molar-refractivity contribution in [1.82, 2.24) is 19.9 Å². The number of fused-ring (bicyclic) bond motifs is 2. The standard InChI is InChI=1S/C28H30F2N8OS/c1-37-9-4-6-16(37)14-39-28-35-24-19(27(36-28)38-10-3-2-5-15(32)13-38)12-34-23(22(24)30)17-7-8-20(29)25-21(17)18(11-31)26(33)40-25/h7-8,12,15-16H,2-6,9-10,13-14,32-33H2,1H3. The highest BCUT2D eigenvalue weighted by Crippen LogP contribution is 2.42. The fourth-order valence-corrected chi connectivity index (χ4v) is 6.69. The zero-order valence-electron chi connectivity index (χ0n) is 22.2. The average Bonchev–Trinajstić information content (AvgIpc) is 3.43. The van der Waals surface area contributed by atoms with E-state index in [1.807, 2.05) is 6.07 Å². The predicted molar refractivity (Wildman–Crippen MR) is 152 cm³/mol. The summed E-state index contributed by atoms with van der Waals surface area (Å²) >= 11 is 0.955. The van der Waals surface area contributed by atoms with Crippen molar-refractivity contribution < 1.29 is 13.5 Å². The first kappa shape index (κ1) is 26.6. The molecular formula is C28H30F2N8OS. The first-order valence-electron chi connectivity index (χ1n) is 13.5. The van der Waals surface area contributed by atoms with Gasteiger partial charge < -0.3 is 26.0 Å². The van der Waals surface area contributed by atoms with Crippen LogP contribution in [-0.2, 0) is 0 Å². The number of anilines is 2. The zero-order valence-corrected chi connectivity index (χ0v) is 23.0. The molecule has 9 nitrogen and oxygen atoms in total. The molecule has 2 aliphatic rings. The van der Waals surface area contributed by atoms with Crippen molar-refractivity contribution in [2.75, 3.05) is 43.9 Å². The van der Waals surface area contributed by atoms with Gasteiger partial charge in [-0.1, -0.05) is 6.42 Å². The van der Waals surface area contributed by atoms with Gasteiger partial charge in [-0.2, -0.15) is 15.2 Å². The lowest BCUT2D eigenvalue weighted by atomic mass is 10.0. The maximum Gasteiger partial charge on any atom is 0.319 e. The number of likely N-dealkylation sites (N-methyl/N-ethyl adjacent to an activating group) is 1. The maximum absolute atomic E-state index is 16.4. The number of likely N-dealkylation sites (tertiary alicyclic amines) is 1. The van der Waals surface area contributed by atoms with Crippen LogP contribution in [0.1, 0.15) is 37.7 Å². The Morgan fingerprint density at radius 3 is 2.80 bits per heavy atom. The van der Waals surface area contributed by atoms with Crippen molar-refractivity contribution in [3.8, 4) is 23.3 Å². The lowest BCUT2D eigenvalue weighted by molar-refractivity contribution is 0.188. The van der Waals surface area contributed by atoms with E-state index in [2.05, 4.69) is 26.8 Å². The summed E-state index contributed by atoms with van der Waals surface area (Å²) in [6.45, 7) is 2.67. The number of benzene rings is 1. The van der Waals surface area contributed by atoms with Crippen LogP contribution in [0.15, 0.2) is 18.3 Å². The van der Waals surface area contributed by atoms with E-state index in [-0.39, 0.29) is 55.5 Å². The van der Waals surface area contributed by atoms with Crippen molar-refractivity contribution in [3.63, 3.8) is 0 Å². The third-order valence-corrected chi connectivity index (χ3v) is 8.94. The van der Waals surface area contributed by atoms with Crippen molar-refractivity contribution in [1.29, 1.82) is 5.26 Å². The van der Waals surface area contributed by atoms with Crippen LogP contribution in [0.2, 0.25) is 0 Å². The molecule has 0 aliphatic carbocycles. The van der Waals surface area contributed by atoms with Crippen molar-refractivity contribution in [2.45, 2.75) is 44.2 Å². The maximum atomic E-state index is 16.4. The number of hydrogen-bond acceptors (Lipinski definition) is 10. The van der Waals surface area contributed by atoms with Gasteiger partial charge in [-0.3, -0.25) is 4.98 Å². The number of nitrogen functional groups attached to an aromatic ring is 1. The van der Waals surface area contributed by atoms with E-state index in [1.165, 1.54) is 18.3 Å². The Morgan fingerprint density at radius 1 is 1.18 bits per heavy atom. The number of nitriles is 1. The van der Waals surface area contributed by atoms with Crippen LogP contribution < -0.4 is 21.1 Å². The Hall–Kier alpha value is -3.66. The van der Waals surface area contributed by atoms with Crippen LogP contribution in [0.3, 0.4) is 0 Å². The Kier molecular flexibility index (Phi) is 7.12. The molecule has 0 bridgehead atoms. The van der Waals surface area contributed by atoms with Crippen LogP contribution in [-0.4, -0.2) is 65.2 Å². The topological polar surface area (TPSA) is 130 Å². The molecule has 0 amide bonds. The molecule has 12 heteroatoms. The van der Waals surface area contributed by atoms with E-state index in [0.29, 0.717) is 30.9 Å². The molecule has 6 rings (SSSR count).